The summed E-state index contributed by atoms with van der Waals surface area (Å²) in [5.41, 5.74) is 3.85. The molecule has 0 saturated carbocycles. The molecule has 0 spiro atoms. The molecule has 5 N–H and O–H groups in total. The van der Waals surface area contributed by atoms with Crippen LogP contribution in [0.25, 0.3) is 5.52 Å². The number of nitro groups is 1. The lowest BCUT2D eigenvalue weighted by Gasteiger charge is -2.25. The lowest BCUT2D eigenvalue weighted by molar-refractivity contribution is -0.384. The maximum Gasteiger partial charge on any atom is 0.459 e. The third-order valence-electron chi connectivity index (χ3n) is 7.49. The molecule has 1 saturated heterocycles. The van der Waals surface area contributed by atoms with Crippen LogP contribution in [0, 0.1) is 27.4 Å². The van der Waals surface area contributed by atoms with E-state index in [0.717, 1.165) is 31.3 Å². The van der Waals surface area contributed by atoms with Gasteiger partial charge in [-0.1, -0.05) is 26.7 Å². The minimum absolute atomic E-state index is 0.0421. The first-order chi connectivity index (χ1) is 21.4. The predicted octanol–water partition coefficient (Wildman–Crippen LogP) is 2.22. The van der Waals surface area contributed by atoms with Gasteiger partial charge in [0.2, 0.25) is 5.60 Å². The number of ether oxygens (including phenoxy) is 2. The second kappa shape index (κ2) is 13.9. The van der Waals surface area contributed by atoms with Crippen molar-refractivity contribution in [2.24, 2.45) is 5.92 Å². The number of aliphatic hydroxyl groups is 2. The molecule has 1 aliphatic rings. The second-order valence-electron chi connectivity index (χ2n) is 10.4. The van der Waals surface area contributed by atoms with Gasteiger partial charge in [0.1, 0.15) is 48.0 Å². The number of esters is 1. The Morgan fingerprint density at radius 2 is 1.98 bits per heavy atom. The summed E-state index contributed by atoms with van der Waals surface area (Å²) in [4.78, 5) is 27.0. The highest BCUT2D eigenvalue weighted by atomic mass is 31.2. The molecule has 1 aliphatic heterocycles. The number of carbonyl (C=O) groups excluding carboxylic acids is 1. The van der Waals surface area contributed by atoms with Gasteiger partial charge in [0.05, 0.1) is 23.8 Å². The van der Waals surface area contributed by atoms with Crippen molar-refractivity contribution in [1.82, 2.24) is 19.7 Å². The molecule has 2 aromatic heterocycles. The summed E-state index contributed by atoms with van der Waals surface area (Å²) < 4.78 is 37.6. The summed E-state index contributed by atoms with van der Waals surface area (Å²) in [7, 11) is -4.52. The average Bonchev–Trinajstić information content (AvgIpc) is 3.57. The standard InChI is InChI=1S/C27H34N7O10P/c1-4-17(5-2)12-41-26(37)16(3)32-45(40,44-19-8-6-18(7-9-19)34(38)39)42-13-21-23(35)24(36)27(14-28,43-21)22-11-10-20-25(29)30-15-31-33(20)22/h6-11,15-17,21,23-24,35-36H,4-5,12-13H2,1-3H3,(H,32,40)(H2,29,30,31)/t16-,21+,23+,24+,27-,45-/m0/s1. The summed E-state index contributed by atoms with van der Waals surface area (Å²) in [6, 6.07) is 8.23. The van der Waals surface area contributed by atoms with E-state index in [-0.39, 0.29) is 35.5 Å². The van der Waals surface area contributed by atoms with Gasteiger partial charge in [0, 0.05) is 12.1 Å². The number of nitrogens with one attached hydrogen (secondary N) is 1. The van der Waals surface area contributed by atoms with Gasteiger partial charge in [-0.05, 0) is 37.1 Å². The van der Waals surface area contributed by atoms with Gasteiger partial charge in [-0.15, -0.1) is 0 Å². The number of aromatic nitrogens is 3. The number of carbonyl (C=O) groups is 1. The molecule has 3 heterocycles. The van der Waals surface area contributed by atoms with E-state index in [1.54, 1.807) is 0 Å². The average molecular weight is 648 g/mol. The Kier molecular flexibility index (Phi) is 10.4. The largest absolute Gasteiger partial charge is 0.464 e. The summed E-state index contributed by atoms with van der Waals surface area (Å²) in [6.45, 7) is 4.75. The number of fused-ring (bicyclic) bond motifs is 1. The molecule has 1 fully saturated rings. The van der Waals surface area contributed by atoms with E-state index >= 15 is 0 Å². The molecule has 0 amide bonds. The fraction of sp³-hybridized carbons (Fsp3) is 0.481. The van der Waals surface area contributed by atoms with E-state index in [1.807, 2.05) is 19.9 Å². The second-order valence-corrected chi connectivity index (χ2v) is 12.1. The number of nitro benzene ring substituents is 1. The molecular formula is C27H34N7O10P. The Morgan fingerprint density at radius 3 is 2.60 bits per heavy atom. The van der Waals surface area contributed by atoms with E-state index < -0.39 is 55.2 Å². The van der Waals surface area contributed by atoms with E-state index in [4.69, 9.17) is 24.3 Å². The van der Waals surface area contributed by atoms with E-state index in [2.05, 4.69) is 15.2 Å². The van der Waals surface area contributed by atoms with Gasteiger partial charge in [-0.2, -0.15) is 15.4 Å². The van der Waals surface area contributed by atoms with Gasteiger partial charge in [0.25, 0.3) is 5.69 Å². The summed E-state index contributed by atoms with van der Waals surface area (Å²) >= 11 is 0. The fourth-order valence-electron chi connectivity index (χ4n) is 4.72. The van der Waals surface area contributed by atoms with Crippen LogP contribution in [-0.2, 0) is 29.0 Å². The van der Waals surface area contributed by atoms with Crippen LogP contribution in [-0.4, -0.2) is 73.3 Å². The Labute approximate surface area is 257 Å². The zero-order valence-electron chi connectivity index (χ0n) is 24.7. The summed E-state index contributed by atoms with van der Waals surface area (Å²) in [5.74, 6) is -0.616. The van der Waals surface area contributed by atoms with Crippen molar-refractivity contribution in [1.29, 1.82) is 5.26 Å². The molecule has 242 valence electrons. The van der Waals surface area contributed by atoms with Crippen molar-refractivity contribution in [3.8, 4) is 11.8 Å². The first kappa shape index (κ1) is 33.7. The number of aliphatic hydroxyl groups excluding tert-OH is 2. The Bertz CT molecular complexity index is 1610. The van der Waals surface area contributed by atoms with Crippen molar-refractivity contribution in [3.05, 3.63) is 58.5 Å². The van der Waals surface area contributed by atoms with Crippen LogP contribution in [0.15, 0.2) is 42.7 Å². The maximum atomic E-state index is 14.0. The molecule has 0 aliphatic carbocycles. The van der Waals surface area contributed by atoms with E-state index in [9.17, 15) is 34.9 Å². The molecule has 6 atom stereocenters. The van der Waals surface area contributed by atoms with Crippen LogP contribution < -0.4 is 15.3 Å². The Balaban J connectivity index is 1.56. The van der Waals surface area contributed by atoms with Gasteiger partial charge >= 0.3 is 13.7 Å². The summed E-state index contributed by atoms with van der Waals surface area (Å²) in [6.07, 6.45) is -2.25. The predicted molar refractivity (Wildman–Crippen MR) is 156 cm³/mol. The lowest BCUT2D eigenvalue weighted by atomic mass is 9.92. The Hall–Kier alpha value is -4.17. The van der Waals surface area contributed by atoms with E-state index in [1.165, 1.54) is 35.7 Å². The number of nitrogens with zero attached hydrogens (tertiary/aromatic N) is 5. The molecule has 0 unspecified atom stereocenters. The molecule has 0 radical (unpaired) electrons. The number of nitriles is 1. The van der Waals surface area contributed by atoms with Gasteiger partial charge in [-0.25, -0.2) is 14.1 Å². The quantitative estimate of drug-likeness (QED) is 0.0847. The van der Waals surface area contributed by atoms with Crippen LogP contribution in [0.1, 0.15) is 39.3 Å². The van der Waals surface area contributed by atoms with Crippen molar-refractivity contribution in [3.63, 3.8) is 0 Å². The number of benzene rings is 1. The lowest BCUT2D eigenvalue weighted by Crippen LogP contribution is -2.41. The number of nitrogen functional groups attached to an aromatic ring is 1. The third-order valence-corrected chi connectivity index (χ3v) is 9.13. The topological polar surface area (TPSA) is 247 Å². The highest BCUT2D eigenvalue weighted by molar-refractivity contribution is 7.52. The molecule has 17 nitrogen and oxygen atoms in total. The SMILES string of the molecule is CCC(CC)COC(=O)[C@H](C)N[P@](=O)(OC[C@H]1O[C@@](C#N)(c2ccc3c(N)ncnn23)[C@H](O)[C@@H]1O)Oc1ccc([N+](=O)[O-])cc1. The number of nitrogens with two attached hydrogens (primary N) is 1. The Morgan fingerprint density at radius 1 is 1.29 bits per heavy atom. The van der Waals surface area contributed by atoms with E-state index in [0.29, 0.717) is 5.52 Å². The fourth-order valence-corrected chi connectivity index (χ4v) is 6.22. The molecule has 0 bridgehead atoms. The molecular weight excluding hydrogens is 613 g/mol. The van der Waals surface area contributed by atoms with Gasteiger partial charge in [0.15, 0.2) is 5.82 Å². The zero-order valence-corrected chi connectivity index (χ0v) is 25.6. The van der Waals surface area contributed by atoms with Crippen LogP contribution in [0.3, 0.4) is 0 Å². The zero-order chi connectivity index (χ0) is 32.9. The first-order valence-electron chi connectivity index (χ1n) is 14.0. The summed E-state index contributed by atoms with van der Waals surface area (Å²) in [5, 5.41) is 49.7. The highest BCUT2D eigenvalue weighted by Crippen LogP contribution is 2.47. The van der Waals surface area contributed by atoms with Crippen LogP contribution >= 0.6 is 7.75 Å². The molecule has 4 rings (SSSR count). The number of non-ortho nitro benzene ring substituents is 1. The molecule has 18 heteroatoms. The third kappa shape index (κ3) is 7.06. The normalized spacial score (nSPS) is 23.4. The smallest absolute Gasteiger partial charge is 0.459 e. The first-order valence-corrected chi connectivity index (χ1v) is 15.6. The van der Waals surface area contributed by atoms with Crippen LogP contribution in [0.4, 0.5) is 11.5 Å². The number of anilines is 1. The van der Waals surface area contributed by atoms with Gasteiger partial charge < -0.3 is 29.9 Å². The maximum absolute atomic E-state index is 14.0. The highest BCUT2D eigenvalue weighted by Gasteiger charge is 2.58. The van der Waals surface area contributed by atoms with Crippen LogP contribution in [0.5, 0.6) is 5.75 Å². The number of hydrogen-bond acceptors (Lipinski definition) is 14. The number of rotatable bonds is 14. The van der Waals surface area contributed by atoms with Crippen molar-refractivity contribution in [2.75, 3.05) is 18.9 Å². The number of hydrogen-bond donors (Lipinski definition) is 4. The van der Waals surface area contributed by atoms with Gasteiger partial charge in [-0.3, -0.25) is 19.4 Å². The van der Waals surface area contributed by atoms with Crippen molar-refractivity contribution >= 4 is 30.7 Å². The molecule has 1 aromatic carbocycles. The monoisotopic (exact) mass is 647 g/mol. The molecule has 3 aromatic rings. The minimum atomic E-state index is -4.52. The van der Waals surface area contributed by atoms with Crippen molar-refractivity contribution in [2.45, 2.75) is 63.6 Å². The van der Waals surface area contributed by atoms with Crippen LogP contribution in [0.2, 0.25) is 0 Å². The molecule has 45 heavy (non-hydrogen) atoms. The minimum Gasteiger partial charge on any atom is -0.464 e. The van der Waals surface area contributed by atoms with Crippen molar-refractivity contribution < 1.29 is 43.0 Å².